The lowest BCUT2D eigenvalue weighted by molar-refractivity contribution is 0.0173. The molecule has 0 unspecified atom stereocenters. The van der Waals surface area contributed by atoms with Gasteiger partial charge in [-0.15, -0.1) is 0 Å². The molecule has 0 aromatic rings. The quantitative estimate of drug-likeness (QED) is 0.552. The number of ether oxygens (including phenoxy) is 3. The summed E-state index contributed by atoms with van der Waals surface area (Å²) >= 11 is 0. The van der Waals surface area contributed by atoms with Crippen LogP contribution in [0.25, 0.3) is 0 Å². The minimum Gasteiger partial charge on any atom is -0.382 e. The van der Waals surface area contributed by atoms with Gasteiger partial charge in [-0.3, -0.25) is 0 Å². The first-order valence-corrected chi connectivity index (χ1v) is 8.32. The zero-order valence-corrected chi connectivity index (χ0v) is 14.1. The molecule has 0 amide bonds. The van der Waals surface area contributed by atoms with Crippen LogP contribution in [0.5, 0.6) is 0 Å². The van der Waals surface area contributed by atoms with Gasteiger partial charge >= 0.3 is 0 Å². The van der Waals surface area contributed by atoms with Gasteiger partial charge in [-0.1, -0.05) is 13.8 Å². The molecule has 21 heavy (non-hydrogen) atoms. The van der Waals surface area contributed by atoms with Gasteiger partial charge in [0.1, 0.15) is 0 Å². The molecule has 0 bridgehead atoms. The van der Waals surface area contributed by atoms with Crippen LogP contribution < -0.4 is 5.32 Å². The minimum absolute atomic E-state index is 0.600. The van der Waals surface area contributed by atoms with Crippen molar-refractivity contribution in [3.63, 3.8) is 0 Å². The molecule has 1 fully saturated rings. The fourth-order valence-electron chi connectivity index (χ4n) is 2.47. The molecule has 5 nitrogen and oxygen atoms in total. The Hall–Kier alpha value is -0.200. The van der Waals surface area contributed by atoms with Crippen molar-refractivity contribution < 1.29 is 14.2 Å². The maximum Gasteiger partial charge on any atom is 0.0701 e. The van der Waals surface area contributed by atoms with Gasteiger partial charge in [0.15, 0.2) is 0 Å². The second-order valence-corrected chi connectivity index (χ2v) is 6.07. The molecule has 0 spiro atoms. The summed E-state index contributed by atoms with van der Waals surface area (Å²) < 4.78 is 15.9. The van der Waals surface area contributed by atoms with Crippen molar-refractivity contribution in [1.29, 1.82) is 0 Å². The van der Waals surface area contributed by atoms with Crippen LogP contribution >= 0.6 is 0 Å². The molecule has 1 rings (SSSR count). The summed E-state index contributed by atoms with van der Waals surface area (Å²) in [6.45, 7) is 12.5. The third kappa shape index (κ3) is 10.2. The van der Waals surface area contributed by atoms with E-state index in [1.807, 2.05) is 0 Å². The lowest BCUT2D eigenvalue weighted by atomic mass is 9.96. The van der Waals surface area contributed by atoms with Crippen molar-refractivity contribution in [2.75, 3.05) is 66.3 Å². The van der Waals surface area contributed by atoms with Crippen LogP contribution in [0.15, 0.2) is 0 Å². The lowest BCUT2D eigenvalue weighted by Crippen LogP contribution is -2.40. The Kier molecular flexibility index (Phi) is 11.1. The van der Waals surface area contributed by atoms with E-state index in [9.17, 15) is 0 Å². The van der Waals surface area contributed by atoms with Crippen LogP contribution in [0.1, 0.15) is 26.7 Å². The summed E-state index contributed by atoms with van der Waals surface area (Å²) in [5.74, 6) is 0.846. The number of likely N-dealkylation sites (tertiary alicyclic amines) is 1. The van der Waals surface area contributed by atoms with Crippen LogP contribution in [-0.2, 0) is 14.2 Å². The number of nitrogens with zero attached hydrogens (tertiary/aromatic N) is 1. The zero-order valence-electron chi connectivity index (χ0n) is 14.1. The molecule has 5 heteroatoms. The standard InChI is InChI=1S/C16H34N2O3/c1-15(2)17-14-16-4-6-18(7-5-16)8-9-20-12-13-21-11-10-19-3/h15-17H,4-14H2,1-3H3. The van der Waals surface area contributed by atoms with Crippen LogP contribution in [-0.4, -0.2) is 77.3 Å². The van der Waals surface area contributed by atoms with Gasteiger partial charge in [-0.2, -0.15) is 0 Å². The first-order valence-electron chi connectivity index (χ1n) is 8.32. The molecule has 0 aromatic carbocycles. The fourth-order valence-corrected chi connectivity index (χ4v) is 2.47. The van der Waals surface area contributed by atoms with E-state index in [-0.39, 0.29) is 0 Å². The first kappa shape index (κ1) is 18.8. The summed E-state index contributed by atoms with van der Waals surface area (Å²) in [5, 5.41) is 3.54. The number of nitrogens with one attached hydrogen (secondary N) is 1. The van der Waals surface area contributed by atoms with E-state index in [2.05, 4.69) is 24.1 Å². The highest BCUT2D eigenvalue weighted by Crippen LogP contribution is 2.16. The smallest absolute Gasteiger partial charge is 0.0701 e. The number of rotatable bonds is 12. The Morgan fingerprint density at radius 1 is 1.00 bits per heavy atom. The molecule has 0 saturated carbocycles. The topological polar surface area (TPSA) is 43.0 Å². The molecule has 0 atom stereocenters. The van der Waals surface area contributed by atoms with Gasteiger partial charge in [-0.05, 0) is 38.4 Å². The van der Waals surface area contributed by atoms with Gasteiger partial charge in [0.2, 0.25) is 0 Å². The Labute approximate surface area is 130 Å². The van der Waals surface area contributed by atoms with E-state index < -0.39 is 0 Å². The van der Waals surface area contributed by atoms with Crippen LogP contribution in [0.4, 0.5) is 0 Å². The third-order valence-corrected chi connectivity index (χ3v) is 3.88. The van der Waals surface area contributed by atoms with Gasteiger partial charge in [0.05, 0.1) is 33.0 Å². The predicted octanol–water partition coefficient (Wildman–Crippen LogP) is 1.38. The SMILES string of the molecule is COCCOCCOCCN1CCC(CNC(C)C)CC1. The largest absolute Gasteiger partial charge is 0.382 e. The van der Waals surface area contributed by atoms with Crippen LogP contribution in [0.3, 0.4) is 0 Å². The highest BCUT2D eigenvalue weighted by atomic mass is 16.5. The monoisotopic (exact) mass is 302 g/mol. The number of methoxy groups -OCH3 is 1. The average Bonchev–Trinajstić information content (AvgIpc) is 2.49. The second-order valence-electron chi connectivity index (χ2n) is 6.07. The molecular weight excluding hydrogens is 268 g/mol. The summed E-state index contributed by atoms with van der Waals surface area (Å²) in [6.07, 6.45) is 2.61. The normalized spacial score (nSPS) is 17.7. The molecule has 0 radical (unpaired) electrons. The predicted molar refractivity (Wildman–Crippen MR) is 85.8 cm³/mol. The highest BCUT2D eigenvalue weighted by Gasteiger charge is 2.18. The van der Waals surface area contributed by atoms with E-state index in [1.54, 1.807) is 7.11 Å². The van der Waals surface area contributed by atoms with E-state index >= 15 is 0 Å². The maximum atomic E-state index is 5.60. The van der Waals surface area contributed by atoms with Crippen molar-refractivity contribution in [1.82, 2.24) is 10.2 Å². The van der Waals surface area contributed by atoms with Gasteiger partial charge in [0.25, 0.3) is 0 Å². The van der Waals surface area contributed by atoms with Crippen LogP contribution in [0.2, 0.25) is 0 Å². The summed E-state index contributed by atoms with van der Waals surface area (Å²) in [5.41, 5.74) is 0. The Morgan fingerprint density at radius 2 is 1.62 bits per heavy atom. The average molecular weight is 302 g/mol. The number of hydrogen-bond acceptors (Lipinski definition) is 5. The lowest BCUT2D eigenvalue weighted by Gasteiger charge is -2.32. The van der Waals surface area contributed by atoms with Gasteiger partial charge in [-0.25, -0.2) is 0 Å². The van der Waals surface area contributed by atoms with Gasteiger partial charge in [0, 0.05) is 19.7 Å². The number of hydrogen-bond donors (Lipinski definition) is 1. The Morgan fingerprint density at radius 3 is 2.24 bits per heavy atom. The Bertz CT molecular complexity index is 232. The molecule has 0 aliphatic carbocycles. The molecule has 0 aromatic heterocycles. The summed E-state index contributed by atoms with van der Waals surface area (Å²) in [7, 11) is 1.68. The van der Waals surface area contributed by atoms with E-state index in [0.717, 1.165) is 19.1 Å². The van der Waals surface area contributed by atoms with Crippen molar-refractivity contribution in [2.45, 2.75) is 32.7 Å². The zero-order chi connectivity index (χ0) is 15.3. The molecule has 126 valence electrons. The maximum absolute atomic E-state index is 5.60. The van der Waals surface area contributed by atoms with Crippen LogP contribution in [0, 0.1) is 5.92 Å². The summed E-state index contributed by atoms with van der Waals surface area (Å²) in [6, 6.07) is 0.600. The van der Waals surface area contributed by atoms with Crippen molar-refractivity contribution >= 4 is 0 Å². The van der Waals surface area contributed by atoms with Crippen molar-refractivity contribution in [3.8, 4) is 0 Å². The van der Waals surface area contributed by atoms with Crippen molar-refractivity contribution in [3.05, 3.63) is 0 Å². The fraction of sp³-hybridized carbons (Fsp3) is 1.00. The third-order valence-electron chi connectivity index (χ3n) is 3.88. The molecule has 1 aliphatic heterocycles. The Balaban J connectivity index is 1.89. The summed E-state index contributed by atoms with van der Waals surface area (Å²) in [4.78, 5) is 2.51. The van der Waals surface area contributed by atoms with Gasteiger partial charge < -0.3 is 24.4 Å². The molecule has 1 heterocycles. The van der Waals surface area contributed by atoms with Crippen molar-refractivity contribution in [2.24, 2.45) is 5.92 Å². The first-order chi connectivity index (χ1) is 10.2. The minimum atomic E-state index is 0.600. The second kappa shape index (κ2) is 12.4. The molecule has 1 N–H and O–H groups in total. The van der Waals surface area contributed by atoms with E-state index in [0.29, 0.717) is 32.5 Å². The molecular formula is C16H34N2O3. The number of piperidine rings is 1. The van der Waals surface area contributed by atoms with E-state index in [4.69, 9.17) is 14.2 Å². The highest BCUT2D eigenvalue weighted by molar-refractivity contribution is 4.74. The van der Waals surface area contributed by atoms with E-state index in [1.165, 1.54) is 32.5 Å². The molecule has 1 aliphatic rings. The molecule has 1 saturated heterocycles.